The molecule has 6 heteroatoms. The van der Waals surface area contributed by atoms with E-state index in [1.807, 2.05) is 36.4 Å². The first-order chi connectivity index (χ1) is 14.5. The molecule has 2 rings (SSSR count). The van der Waals surface area contributed by atoms with Crippen molar-refractivity contribution in [2.24, 2.45) is 0 Å². The SMILES string of the molecule is CCOP(=O)(/C=C/CCC(O)CN(Cc1ccccc1)Cc1ccccc1)OCC. The fourth-order valence-corrected chi connectivity index (χ4v) is 4.61. The molecule has 0 aromatic heterocycles. The van der Waals surface area contributed by atoms with Gasteiger partial charge >= 0.3 is 7.60 Å². The molecule has 0 fully saturated rings. The molecule has 0 bridgehead atoms. The number of aliphatic hydroxyl groups excluding tert-OH is 1. The summed E-state index contributed by atoms with van der Waals surface area (Å²) in [5, 5.41) is 10.6. The van der Waals surface area contributed by atoms with E-state index in [1.165, 1.54) is 16.9 Å². The highest BCUT2D eigenvalue weighted by atomic mass is 31.2. The van der Waals surface area contributed by atoms with Gasteiger partial charge in [0.1, 0.15) is 0 Å². The second-order valence-electron chi connectivity index (χ2n) is 7.13. The molecule has 0 aliphatic carbocycles. The Morgan fingerprint density at radius 1 is 0.933 bits per heavy atom. The van der Waals surface area contributed by atoms with Gasteiger partial charge < -0.3 is 14.2 Å². The van der Waals surface area contributed by atoms with Crippen LogP contribution >= 0.6 is 7.60 Å². The van der Waals surface area contributed by atoms with E-state index >= 15 is 0 Å². The molecular weight excluding hydrogens is 397 g/mol. The van der Waals surface area contributed by atoms with Crippen LogP contribution in [-0.4, -0.2) is 35.9 Å². The van der Waals surface area contributed by atoms with Gasteiger partial charge in [-0.3, -0.25) is 9.46 Å². The summed E-state index contributed by atoms with van der Waals surface area (Å²) < 4.78 is 22.9. The van der Waals surface area contributed by atoms with E-state index < -0.39 is 13.7 Å². The third-order valence-corrected chi connectivity index (χ3v) is 6.35. The Kier molecular flexibility index (Phi) is 11.1. The van der Waals surface area contributed by atoms with Crippen LogP contribution in [0.25, 0.3) is 0 Å². The average Bonchev–Trinajstić information content (AvgIpc) is 2.73. The first kappa shape index (κ1) is 24.5. The summed E-state index contributed by atoms with van der Waals surface area (Å²) in [5.74, 6) is 1.51. The Morgan fingerprint density at radius 3 is 1.90 bits per heavy atom. The van der Waals surface area contributed by atoms with Crippen molar-refractivity contribution in [2.75, 3.05) is 19.8 Å². The predicted molar refractivity (Wildman–Crippen MR) is 122 cm³/mol. The van der Waals surface area contributed by atoms with Crippen molar-refractivity contribution in [1.29, 1.82) is 0 Å². The molecule has 30 heavy (non-hydrogen) atoms. The van der Waals surface area contributed by atoms with Crippen molar-refractivity contribution in [3.63, 3.8) is 0 Å². The number of allylic oxidation sites excluding steroid dienone is 1. The van der Waals surface area contributed by atoms with Gasteiger partial charge in [-0.05, 0) is 37.8 Å². The van der Waals surface area contributed by atoms with Crippen LogP contribution in [0, 0.1) is 0 Å². The van der Waals surface area contributed by atoms with Crippen LogP contribution in [0.2, 0.25) is 0 Å². The lowest BCUT2D eigenvalue weighted by Gasteiger charge is -2.25. The monoisotopic (exact) mass is 431 g/mol. The van der Waals surface area contributed by atoms with Gasteiger partial charge in [-0.15, -0.1) is 0 Å². The topological polar surface area (TPSA) is 59.0 Å². The number of hydrogen-bond acceptors (Lipinski definition) is 5. The molecule has 5 nitrogen and oxygen atoms in total. The van der Waals surface area contributed by atoms with Crippen LogP contribution in [0.5, 0.6) is 0 Å². The predicted octanol–water partition coefficient (Wildman–Crippen LogP) is 5.61. The summed E-state index contributed by atoms with van der Waals surface area (Å²) in [4.78, 5) is 2.25. The zero-order chi connectivity index (χ0) is 21.7. The van der Waals surface area contributed by atoms with Crippen molar-refractivity contribution >= 4 is 7.60 Å². The summed E-state index contributed by atoms with van der Waals surface area (Å²) in [6.07, 6.45) is 2.49. The number of aliphatic hydroxyl groups is 1. The Labute approximate surface area is 180 Å². The van der Waals surface area contributed by atoms with Crippen LogP contribution in [-0.2, 0) is 26.7 Å². The molecule has 1 unspecified atom stereocenters. The molecule has 0 radical (unpaired) electrons. The summed E-state index contributed by atoms with van der Waals surface area (Å²) in [5.41, 5.74) is 2.43. The van der Waals surface area contributed by atoms with Gasteiger partial charge in [0.05, 0.1) is 19.3 Å². The number of benzene rings is 2. The van der Waals surface area contributed by atoms with Crippen molar-refractivity contribution in [3.05, 3.63) is 83.7 Å². The van der Waals surface area contributed by atoms with E-state index in [4.69, 9.17) is 9.05 Å². The largest absolute Gasteiger partial charge is 0.392 e. The summed E-state index contributed by atoms with van der Waals surface area (Å²) in [7, 11) is -3.17. The lowest BCUT2D eigenvalue weighted by Crippen LogP contribution is -2.31. The zero-order valence-electron chi connectivity index (χ0n) is 18.0. The summed E-state index contributed by atoms with van der Waals surface area (Å²) >= 11 is 0. The first-order valence-electron chi connectivity index (χ1n) is 10.6. The minimum absolute atomic E-state index is 0.332. The van der Waals surface area contributed by atoms with Gasteiger partial charge in [-0.2, -0.15) is 0 Å². The van der Waals surface area contributed by atoms with Crippen molar-refractivity contribution in [3.8, 4) is 0 Å². The fraction of sp³-hybridized carbons (Fsp3) is 0.417. The lowest BCUT2D eigenvalue weighted by atomic mass is 10.1. The normalized spacial score (nSPS) is 13.2. The zero-order valence-corrected chi connectivity index (χ0v) is 18.9. The highest BCUT2D eigenvalue weighted by Crippen LogP contribution is 2.49. The number of hydrogen-bond donors (Lipinski definition) is 1. The molecule has 1 N–H and O–H groups in total. The van der Waals surface area contributed by atoms with E-state index in [1.54, 1.807) is 19.9 Å². The Balaban J connectivity index is 1.92. The third-order valence-electron chi connectivity index (χ3n) is 4.54. The molecule has 1 atom stereocenters. The standard InChI is InChI=1S/C24H34NO4P/c1-3-28-30(27,29-4-2)18-12-11-17-24(26)21-25(19-22-13-7-5-8-14-22)20-23-15-9-6-10-16-23/h5-10,12-16,18,24,26H,3-4,11,17,19-21H2,1-2H3/b18-12+. The van der Waals surface area contributed by atoms with Gasteiger partial charge in [0, 0.05) is 25.5 Å². The Bertz CT molecular complexity index is 731. The molecule has 0 aliphatic rings. The lowest BCUT2D eigenvalue weighted by molar-refractivity contribution is 0.0983. The highest BCUT2D eigenvalue weighted by Gasteiger charge is 2.19. The number of rotatable bonds is 14. The molecule has 164 valence electrons. The smallest absolute Gasteiger partial charge is 0.353 e. The fourth-order valence-electron chi connectivity index (χ4n) is 3.23. The van der Waals surface area contributed by atoms with Gasteiger partial charge in [0.2, 0.25) is 0 Å². The molecule has 0 spiro atoms. The van der Waals surface area contributed by atoms with E-state index in [0.717, 1.165) is 13.1 Å². The Morgan fingerprint density at radius 2 is 1.43 bits per heavy atom. The van der Waals surface area contributed by atoms with E-state index in [2.05, 4.69) is 29.2 Å². The molecule has 0 amide bonds. The minimum Gasteiger partial charge on any atom is -0.392 e. The van der Waals surface area contributed by atoms with E-state index in [-0.39, 0.29) is 0 Å². The van der Waals surface area contributed by atoms with E-state index in [9.17, 15) is 9.67 Å². The first-order valence-corrected chi connectivity index (χ1v) is 12.2. The van der Waals surface area contributed by atoms with E-state index in [0.29, 0.717) is 32.6 Å². The molecule has 2 aromatic carbocycles. The Hall–Kier alpha value is -1.75. The third kappa shape index (κ3) is 9.38. The maximum Gasteiger partial charge on any atom is 0.353 e. The quantitative estimate of drug-likeness (QED) is 0.394. The molecule has 0 saturated carbocycles. The molecule has 0 heterocycles. The second kappa shape index (κ2) is 13.5. The van der Waals surface area contributed by atoms with Gasteiger partial charge in [-0.1, -0.05) is 66.7 Å². The summed E-state index contributed by atoms with van der Waals surface area (Å²) in [6.45, 7) is 6.34. The molecular formula is C24H34NO4P. The van der Waals surface area contributed by atoms with Crippen LogP contribution < -0.4 is 0 Å². The maximum absolute atomic E-state index is 12.4. The van der Waals surface area contributed by atoms with Gasteiger partial charge in [0.15, 0.2) is 0 Å². The van der Waals surface area contributed by atoms with Crippen LogP contribution in [0.3, 0.4) is 0 Å². The summed E-state index contributed by atoms with van der Waals surface area (Å²) in [6, 6.07) is 20.6. The number of nitrogens with zero attached hydrogens (tertiary/aromatic N) is 1. The van der Waals surface area contributed by atoms with Crippen molar-refractivity contribution in [1.82, 2.24) is 4.90 Å². The van der Waals surface area contributed by atoms with Crippen molar-refractivity contribution < 1.29 is 18.7 Å². The maximum atomic E-state index is 12.4. The van der Waals surface area contributed by atoms with Gasteiger partial charge in [0.25, 0.3) is 0 Å². The van der Waals surface area contributed by atoms with Crippen molar-refractivity contribution in [2.45, 2.75) is 45.9 Å². The minimum atomic E-state index is -3.17. The van der Waals surface area contributed by atoms with Crippen LogP contribution in [0.1, 0.15) is 37.8 Å². The second-order valence-corrected chi connectivity index (χ2v) is 9.03. The van der Waals surface area contributed by atoms with Gasteiger partial charge in [-0.25, -0.2) is 0 Å². The highest BCUT2D eigenvalue weighted by molar-refractivity contribution is 7.57. The molecule has 0 saturated heterocycles. The van der Waals surface area contributed by atoms with Crippen LogP contribution in [0.4, 0.5) is 0 Å². The molecule has 0 aliphatic heterocycles. The molecule has 2 aromatic rings. The van der Waals surface area contributed by atoms with Crippen LogP contribution in [0.15, 0.2) is 72.6 Å². The average molecular weight is 432 g/mol.